The van der Waals surface area contributed by atoms with Crippen molar-refractivity contribution in [2.45, 2.75) is 67.5 Å². The quantitative estimate of drug-likeness (QED) is 0.524. The predicted octanol–water partition coefficient (Wildman–Crippen LogP) is 4.74. The molecule has 0 N–H and O–H groups in total. The molecule has 0 aromatic carbocycles. The molecule has 0 aromatic heterocycles. The molecule has 1 heterocycles. The van der Waals surface area contributed by atoms with E-state index >= 15 is 0 Å². The summed E-state index contributed by atoms with van der Waals surface area (Å²) in [7, 11) is 0. The molecule has 0 bridgehead atoms. The van der Waals surface area contributed by atoms with E-state index in [-0.39, 0.29) is 0 Å². The summed E-state index contributed by atoms with van der Waals surface area (Å²) >= 11 is 5.74. The molecule has 0 radical (unpaired) electrons. The SMILES string of the molecule is CC(C)=C1C(=S)N(C(C)C)C(C(C)C)C1=C(C)C. The Kier molecular flexibility index (Phi) is 4.77. The Hall–Kier alpha value is -0.630. The van der Waals surface area contributed by atoms with Gasteiger partial charge in [0.15, 0.2) is 0 Å². The highest BCUT2D eigenvalue weighted by Crippen LogP contribution is 2.39. The third kappa shape index (κ3) is 2.54. The van der Waals surface area contributed by atoms with Gasteiger partial charge in [-0.3, -0.25) is 0 Å². The molecule has 1 nitrogen and oxygen atoms in total. The maximum Gasteiger partial charge on any atom is 0.110 e. The van der Waals surface area contributed by atoms with Gasteiger partial charge in [-0.05, 0) is 53.0 Å². The molecule has 102 valence electrons. The van der Waals surface area contributed by atoms with E-state index in [2.05, 4.69) is 60.3 Å². The van der Waals surface area contributed by atoms with Crippen LogP contribution in [0.25, 0.3) is 0 Å². The zero-order valence-electron chi connectivity index (χ0n) is 13.1. The Bertz CT molecular complexity index is 405. The Morgan fingerprint density at radius 2 is 1.50 bits per heavy atom. The highest BCUT2D eigenvalue weighted by Gasteiger charge is 2.40. The Labute approximate surface area is 118 Å². The second-order valence-electron chi connectivity index (χ2n) is 6.28. The number of hydrogen-bond donors (Lipinski definition) is 0. The third-order valence-corrected chi connectivity index (χ3v) is 3.95. The topological polar surface area (TPSA) is 3.24 Å². The van der Waals surface area contributed by atoms with Gasteiger partial charge in [0.25, 0.3) is 0 Å². The summed E-state index contributed by atoms with van der Waals surface area (Å²) in [5.41, 5.74) is 5.52. The zero-order valence-corrected chi connectivity index (χ0v) is 13.9. The first-order chi connectivity index (χ1) is 8.20. The van der Waals surface area contributed by atoms with Crippen molar-refractivity contribution in [3.63, 3.8) is 0 Å². The lowest BCUT2D eigenvalue weighted by molar-refractivity contribution is 0.260. The number of allylic oxidation sites excluding steroid dienone is 2. The molecule has 0 aliphatic carbocycles. The van der Waals surface area contributed by atoms with Gasteiger partial charge in [-0.15, -0.1) is 0 Å². The van der Waals surface area contributed by atoms with Crippen molar-refractivity contribution in [1.29, 1.82) is 0 Å². The molecule has 1 aliphatic rings. The van der Waals surface area contributed by atoms with Crippen LogP contribution in [0, 0.1) is 5.92 Å². The molecule has 2 heteroatoms. The molecule has 1 rings (SSSR count). The van der Waals surface area contributed by atoms with Crippen molar-refractivity contribution >= 4 is 17.2 Å². The maximum atomic E-state index is 5.74. The van der Waals surface area contributed by atoms with Crippen molar-refractivity contribution in [3.8, 4) is 0 Å². The van der Waals surface area contributed by atoms with E-state index in [1.165, 1.54) is 22.3 Å². The summed E-state index contributed by atoms with van der Waals surface area (Å²) in [5.74, 6) is 0.576. The van der Waals surface area contributed by atoms with Gasteiger partial charge in [0.1, 0.15) is 4.99 Å². The van der Waals surface area contributed by atoms with E-state index < -0.39 is 0 Å². The van der Waals surface area contributed by atoms with Gasteiger partial charge in [-0.2, -0.15) is 0 Å². The maximum absolute atomic E-state index is 5.74. The summed E-state index contributed by atoms with van der Waals surface area (Å²) < 4.78 is 0. The first-order valence-corrected chi connectivity index (χ1v) is 7.28. The van der Waals surface area contributed by atoms with Crippen LogP contribution >= 0.6 is 12.2 Å². The van der Waals surface area contributed by atoms with Crippen LogP contribution in [-0.4, -0.2) is 22.0 Å². The van der Waals surface area contributed by atoms with E-state index in [0.717, 1.165) is 4.99 Å². The lowest BCUT2D eigenvalue weighted by atomic mass is 9.89. The average Bonchev–Trinajstić information content (AvgIpc) is 2.51. The van der Waals surface area contributed by atoms with Crippen molar-refractivity contribution in [2.75, 3.05) is 0 Å². The minimum absolute atomic E-state index is 0.437. The van der Waals surface area contributed by atoms with Crippen LogP contribution in [0.15, 0.2) is 22.3 Å². The molecule has 0 saturated carbocycles. The van der Waals surface area contributed by atoms with Crippen LogP contribution in [0.5, 0.6) is 0 Å². The highest BCUT2D eigenvalue weighted by atomic mass is 32.1. The normalized spacial score (nSPS) is 20.4. The molecular weight excluding hydrogens is 238 g/mol. The molecule has 0 spiro atoms. The lowest BCUT2D eigenvalue weighted by Crippen LogP contribution is -2.41. The highest BCUT2D eigenvalue weighted by molar-refractivity contribution is 7.80. The van der Waals surface area contributed by atoms with Crippen molar-refractivity contribution in [1.82, 2.24) is 4.90 Å². The van der Waals surface area contributed by atoms with Crippen LogP contribution in [0.4, 0.5) is 0 Å². The predicted molar refractivity (Wildman–Crippen MR) is 84.9 cm³/mol. The fraction of sp³-hybridized carbons (Fsp3) is 0.688. The monoisotopic (exact) mass is 265 g/mol. The molecule has 0 aromatic rings. The number of nitrogens with zero attached hydrogens (tertiary/aromatic N) is 1. The van der Waals surface area contributed by atoms with E-state index in [0.29, 0.717) is 18.0 Å². The zero-order chi connectivity index (χ0) is 14.2. The van der Waals surface area contributed by atoms with Gasteiger partial charge < -0.3 is 4.90 Å². The van der Waals surface area contributed by atoms with Gasteiger partial charge in [0.05, 0.1) is 6.04 Å². The van der Waals surface area contributed by atoms with Crippen LogP contribution < -0.4 is 0 Å². The molecule has 1 aliphatic heterocycles. The van der Waals surface area contributed by atoms with E-state index in [1.807, 2.05) is 0 Å². The third-order valence-electron chi connectivity index (χ3n) is 3.54. The number of rotatable bonds is 2. The minimum Gasteiger partial charge on any atom is -0.353 e. The standard InChI is InChI=1S/C16H27NS/c1-9(2)13-14(10(3)4)16(18)17(12(7)8)15(13)11(5)6/h11-12,15H,1-8H3. The van der Waals surface area contributed by atoms with Crippen LogP contribution in [0.3, 0.4) is 0 Å². The molecule has 1 unspecified atom stereocenters. The second-order valence-corrected chi connectivity index (χ2v) is 6.67. The first-order valence-electron chi connectivity index (χ1n) is 6.88. The summed E-state index contributed by atoms with van der Waals surface area (Å²) in [6, 6.07) is 0.892. The number of likely N-dealkylation sites (tertiary alicyclic amines) is 1. The van der Waals surface area contributed by atoms with E-state index in [4.69, 9.17) is 12.2 Å². The minimum atomic E-state index is 0.437. The summed E-state index contributed by atoms with van der Waals surface area (Å²) in [6.07, 6.45) is 0. The number of thiocarbonyl (C=S) groups is 1. The van der Waals surface area contributed by atoms with Crippen molar-refractivity contribution < 1.29 is 0 Å². The van der Waals surface area contributed by atoms with E-state index in [1.54, 1.807) is 0 Å². The van der Waals surface area contributed by atoms with Gasteiger partial charge in [0, 0.05) is 11.6 Å². The summed E-state index contributed by atoms with van der Waals surface area (Å²) in [4.78, 5) is 3.46. The second kappa shape index (κ2) is 5.56. The lowest BCUT2D eigenvalue weighted by Gasteiger charge is -2.33. The molecule has 0 amide bonds. The van der Waals surface area contributed by atoms with Crippen molar-refractivity contribution in [3.05, 3.63) is 22.3 Å². The smallest absolute Gasteiger partial charge is 0.110 e. The molecule has 1 fully saturated rings. The fourth-order valence-corrected chi connectivity index (χ4v) is 3.54. The summed E-state index contributed by atoms with van der Waals surface area (Å²) in [5, 5.41) is 0. The average molecular weight is 265 g/mol. The van der Waals surface area contributed by atoms with Crippen LogP contribution in [0.2, 0.25) is 0 Å². The summed E-state index contributed by atoms with van der Waals surface area (Å²) in [6.45, 7) is 17.8. The molecular formula is C16H27NS. The van der Waals surface area contributed by atoms with E-state index in [9.17, 15) is 0 Å². The van der Waals surface area contributed by atoms with Gasteiger partial charge in [-0.1, -0.05) is 37.2 Å². The van der Waals surface area contributed by atoms with Crippen molar-refractivity contribution in [2.24, 2.45) is 5.92 Å². The molecule has 18 heavy (non-hydrogen) atoms. The number of hydrogen-bond acceptors (Lipinski definition) is 1. The van der Waals surface area contributed by atoms with Crippen LogP contribution in [-0.2, 0) is 0 Å². The Morgan fingerprint density at radius 1 is 1.00 bits per heavy atom. The first kappa shape index (κ1) is 15.4. The molecule has 1 atom stereocenters. The van der Waals surface area contributed by atoms with Gasteiger partial charge >= 0.3 is 0 Å². The largest absolute Gasteiger partial charge is 0.353 e. The van der Waals surface area contributed by atoms with Gasteiger partial charge in [0.2, 0.25) is 0 Å². The van der Waals surface area contributed by atoms with Crippen LogP contribution in [0.1, 0.15) is 55.4 Å². The Balaban J connectivity index is 3.51. The Morgan fingerprint density at radius 3 is 1.78 bits per heavy atom. The molecule has 1 saturated heterocycles. The van der Waals surface area contributed by atoms with Gasteiger partial charge in [-0.25, -0.2) is 0 Å². The fourth-order valence-electron chi connectivity index (χ4n) is 2.90.